The molecule has 86 valence electrons. The Hall–Kier alpha value is -1.80. The molecule has 0 saturated carbocycles. The van der Waals surface area contributed by atoms with Gasteiger partial charge in [-0.05, 0) is 30.7 Å². The van der Waals surface area contributed by atoms with Crippen molar-refractivity contribution in [2.45, 2.75) is 6.92 Å². The van der Waals surface area contributed by atoms with E-state index in [0.29, 0.717) is 21.8 Å². The Balaban J connectivity index is 2.44. The van der Waals surface area contributed by atoms with Gasteiger partial charge in [0.25, 0.3) is 0 Å². The lowest BCUT2D eigenvalue weighted by Crippen LogP contribution is -2.04. The average Bonchev–Trinajstić information content (AvgIpc) is 2.32. The number of halogens is 1. The number of ketones is 1. The Morgan fingerprint density at radius 1 is 1.18 bits per heavy atom. The van der Waals surface area contributed by atoms with Crippen LogP contribution in [0.3, 0.4) is 0 Å². The molecule has 0 radical (unpaired) electrons. The van der Waals surface area contributed by atoms with Crippen LogP contribution in [0.15, 0.2) is 42.5 Å². The maximum Gasteiger partial charge on any atom is 0.193 e. The molecule has 17 heavy (non-hydrogen) atoms. The summed E-state index contributed by atoms with van der Waals surface area (Å²) >= 11 is 5.83. The first-order valence-electron chi connectivity index (χ1n) is 5.25. The molecule has 0 heterocycles. The summed E-state index contributed by atoms with van der Waals surface area (Å²) in [6.07, 6.45) is 0. The van der Waals surface area contributed by atoms with Crippen LogP contribution in [0.4, 0.5) is 5.69 Å². The number of carbonyl (C=O) groups excluding carboxylic acids is 1. The maximum atomic E-state index is 12.2. The van der Waals surface area contributed by atoms with Crippen LogP contribution in [0.25, 0.3) is 0 Å². The standard InChI is InChI=1S/C14H12ClNO/c1-9-4-2-3-5-11(9)14(17)10-6-7-12(15)13(16)8-10/h2-8H,16H2,1H3. The molecule has 0 unspecified atom stereocenters. The van der Waals surface area contributed by atoms with E-state index in [4.69, 9.17) is 17.3 Å². The zero-order valence-corrected chi connectivity index (χ0v) is 10.2. The van der Waals surface area contributed by atoms with E-state index >= 15 is 0 Å². The van der Waals surface area contributed by atoms with Gasteiger partial charge in [-0.2, -0.15) is 0 Å². The third-order valence-electron chi connectivity index (χ3n) is 2.65. The van der Waals surface area contributed by atoms with Crippen LogP contribution in [0.1, 0.15) is 21.5 Å². The van der Waals surface area contributed by atoms with E-state index in [9.17, 15) is 4.79 Å². The number of hydrogen-bond donors (Lipinski definition) is 1. The molecule has 0 aliphatic heterocycles. The second-order valence-corrected chi connectivity index (χ2v) is 4.29. The van der Waals surface area contributed by atoms with Crippen LogP contribution in [0.2, 0.25) is 5.02 Å². The van der Waals surface area contributed by atoms with Gasteiger partial charge in [-0.25, -0.2) is 0 Å². The number of nitrogen functional groups attached to an aromatic ring is 1. The summed E-state index contributed by atoms with van der Waals surface area (Å²) < 4.78 is 0. The van der Waals surface area contributed by atoms with Crippen molar-refractivity contribution in [1.82, 2.24) is 0 Å². The van der Waals surface area contributed by atoms with Crippen molar-refractivity contribution in [2.24, 2.45) is 0 Å². The molecule has 0 spiro atoms. The van der Waals surface area contributed by atoms with Crippen LogP contribution in [-0.2, 0) is 0 Å². The fourth-order valence-corrected chi connectivity index (χ4v) is 1.79. The molecule has 2 rings (SSSR count). The van der Waals surface area contributed by atoms with E-state index in [1.165, 1.54) is 0 Å². The first-order chi connectivity index (χ1) is 8.09. The molecule has 2 aromatic rings. The second-order valence-electron chi connectivity index (χ2n) is 3.88. The van der Waals surface area contributed by atoms with Gasteiger partial charge in [0, 0.05) is 11.1 Å². The monoisotopic (exact) mass is 245 g/mol. The molecule has 0 amide bonds. The number of aryl methyl sites for hydroxylation is 1. The highest BCUT2D eigenvalue weighted by molar-refractivity contribution is 6.33. The third kappa shape index (κ3) is 2.32. The van der Waals surface area contributed by atoms with Crippen molar-refractivity contribution in [3.63, 3.8) is 0 Å². The molecular weight excluding hydrogens is 234 g/mol. The zero-order valence-electron chi connectivity index (χ0n) is 9.41. The average molecular weight is 246 g/mol. The summed E-state index contributed by atoms with van der Waals surface area (Å²) in [6, 6.07) is 12.4. The van der Waals surface area contributed by atoms with E-state index in [-0.39, 0.29) is 5.78 Å². The highest BCUT2D eigenvalue weighted by Gasteiger charge is 2.12. The maximum absolute atomic E-state index is 12.2. The summed E-state index contributed by atoms with van der Waals surface area (Å²) in [4.78, 5) is 12.2. The minimum Gasteiger partial charge on any atom is -0.398 e. The zero-order chi connectivity index (χ0) is 12.4. The minimum absolute atomic E-state index is 0.0357. The van der Waals surface area contributed by atoms with Gasteiger partial charge in [0.1, 0.15) is 0 Å². The second kappa shape index (κ2) is 4.60. The molecule has 0 fully saturated rings. The molecule has 0 aliphatic rings. The topological polar surface area (TPSA) is 43.1 Å². The van der Waals surface area contributed by atoms with E-state index in [2.05, 4.69) is 0 Å². The summed E-state index contributed by atoms with van der Waals surface area (Å²) in [5.41, 5.74) is 8.31. The molecule has 0 saturated heterocycles. The van der Waals surface area contributed by atoms with Gasteiger partial charge < -0.3 is 5.73 Å². The van der Waals surface area contributed by atoms with Gasteiger partial charge in [0.15, 0.2) is 5.78 Å². The van der Waals surface area contributed by atoms with Crippen molar-refractivity contribution in [3.05, 3.63) is 64.2 Å². The minimum atomic E-state index is -0.0357. The Morgan fingerprint density at radius 2 is 1.88 bits per heavy atom. The predicted molar refractivity (Wildman–Crippen MR) is 70.5 cm³/mol. The van der Waals surface area contributed by atoms with E-state index in [0.717, 1.165) is 5.56 Å². The van der Waals surface area contributed by atoms with Gasteiger partial charge in [-0.15, -0.1) is 0 Å². The highest BCUT2D eigenvalue weighted by atomic mass is 35.5. The van der Waals surface area contributed by atoms with Gasteiger partial charge in [0.2, 0.25) is 0 Å². The Morgan fingerprint density at radius 3 is 2.53 bits per heavy atom. The molecule has 0 bridgehead atoms. The van der Waals surface area contributed by atoms with Crippen LogP contribution < -0.4 is 5.73 Å². The van der Waals surface area contributed by atoms with Crippen molar-refractivity contribution >= 4 is 23.1 Å². The molecule has 2 nitrogen and oxygen atoms in total. The molecule has 0 aromatic heterocycles. The fraction of sp³-hybridized carbons (Fsp3) is 0.0714. The number of rotatable bonds is 2. The fourth-order valence-electron chi connectivity index (χ4n) is 1.67. The van der Waals surface area contributed by atoms with Crippen LogP contribution in [0, 0.1) is 6.92 Å². The molecule has 2 N–H and O–H groups in total. The molecule has 0 aliphatic carbocycles. The van der Waals surface area contributed by atoms with Gasteiger partial charge >= 0.3 is 0 Å². The van der Waals surface area contributed by atoms with Gasteiger partial charge in [0.05, 0.1) is 10.7 Å². The van der Waals surface area contributed by atoms with Gasteiger partial charge in [-0.3, -0.25) is 4.79 Å². The lowest BCUT2D eigenvalue weighted by Gasteiger charge is -2.06. The molecule has 0 atom stereocenters. The van der Waals surface area contributed by atoms with Crippen molar-refractivity contribution in [1.29, 1.82) is 0 Å². The van der Waals surface area contributed by atoms with Crippen molar-refractivity contribution < 1.29 is 4.79 Å². The largest absolute Gasteiger partial charge is 0.398 e. The Kier molecular flexibility index (Phi) is 3.16. The Bertz CT molecular complexity index is 578. The van der Waals surface area contributed by atoms with E-state index < -0.39 is 0 Å². The predicted octanol–water partition coefficient (Wildman–Crippen LogP) is 3.46. The SMILES string of the molecule is Cc1ccccc1C(=O)c1ccc(Cl)c(N)c1. The Labute approximate surface area is 105 Å². The van der Waals surface area contributed by atoms with E-state index in [1.54, 1.807) is 18.2 Å². The number of benzene rings is 2. The smallest absolute Gasteiger partial charge is 0.193 e. The number of nitrogens with two attached hydrogens (primary N) is 1. The third-order valence-corrected chi connectivity index (χ3v) is 2.99. The van der Waals surface area contributed by atoms with Crippen LogP contribution >= 0.6 is 11.6 Å². The molecule has 3 heteroatoms. The van der Waals surface area contributed by atoms with Crippen molar-refractivity contribution in [3.8, 4) is 0 Å². The number of anilines is 1. The van der Waals surface area contributed by atoms with E-state index in [1.807, 2.05) is 31.2 Å². The lowest BCUT2D eigenvalue weighted by molar-refractivity contribution is 0.103. The lowest BCUT2D eigenvalue weighted by atomic mass is 9.99. The highest BCUT2D eigenvalue weighted by Crippen LogP contribution is 2.22. The van der Waals surface area contributed by atoms with Crippen LogP contribution in [0.5, 0.6) is 0 Å². The summed E-state index contributed by atoms with van der Waals surface area (Å²) in [6.45, 7) is 1.91. The summed E-state index contributed by atoms with van der Waals surface area (Å²) in [7, 11) is 0. The molecule has 2 aromatic carbocycles. The number of hydrogen-bond acceptors (Lipinski definition) is 2. The van der Waals surface area contributed by atoms with Gasteiger partial charge in [-0.1, -0.05) is 35.9 Å². The quantitative estimate of drug-likeness (QED) is 0.650. The van der Waals surface area contributed by atoms with Crippen LogP contribution in [-0.4, -0.2) is 5.78 Å². The summed E-state index contributed by atoms with van der Waals surface area (Å²) in [5.74, 6) is -0.0357. The normalized spacial score (nSPS) is 10.2. The summed E-state index contributed by atoms with van der Waals surface area (Å²) in [5, 5.41) is 0.464. The molecular formula is C14H12ClNO. The first-order valence-corrected chi connectivity index (χ1v) is 5.63. The first kappa shape index (κ1) is 11.7. The number of carbonyl (C=O) groups is 1. The van der Waals surface area contributed by atoms with Crippen molar-refractivity contribution in [2.75, 3.05) is 5.73 Å².